The first kappa shape index (κ1) is 45.4. The van der Waals surface area contributed by atoms with Gasteiger partial charge in [0.05, 0.1) is 48.8 Å². The van der Waals surface area contributed by atoms with Gasteiger partial charge in [-0.25, -0.2) is 0 Å². The van der Waals surface area contributed by atoms with E-state index in [2.05, 4.69) is 24.5 Å². The minimum absolute atomic E-state index is 0.0530. The van der Waals surface area contributed by atoms with Crippen LogP contribution in [0.4, 0.5) is 0 Å². The van der Waals surface area contributed by atoms with Crippen molar-refractivity contribution < 1.29 is 33.8 Å². The number of amides is 4. The van der Waals surface area contributed by atoms with E-state index >= 15 is 0 Å². The van der Waals surface area contributed by atoms with Crippen LogP contribution in [0.25, 0.3) is 0 Å². The molecule has 13 heteroatoms. The van der Waals surface area contributed by atoms with Crippen LogP contribution in [-0.4, -0.2) is 128 Å². The molecule has 1 aliphatic heterocycles. The third-order valence-corrected chi connectivity index (χ3v) is 13.0. The van der Waals surface area contributed by atoms with Gasteiger partial charge in [0.2, 0.25) is 23.6 Å². The zero-order valence-electron chi connectivity index (χ0n) is 33.8. The molecule has 0 spiro atoms. The quantitative estimate of drug-likeness (QED) is 0.173. The summed E-state index contributed by atoms with van der Waals surface area (Å²) < 4.78 is 12.1. The predicted molar refractivity (Wildman–Crippen MR) is 214 cm³/mol. The van der Waals surface area contributed by atoms with Crippen LogP contribution in [0.15, 0.2) is 30.3 Å². The molecule has 1 heterocycles. The average Bonchev–Trinajstić information content (AvgIpc) is 3.60. The van der Waals surface area contributed by atoms with Gasteiger partial charge in [-0.05, 0) is 58.1 Å². The van der Waals surface area contributed by atoms with Crippen molar-refractivity contribution >= 4 is 48.9 Å². The highest BCUT2D eigenvalue weighted by atomic mass is 28.1. The van der Waals surface area contributed by atoms with E-state index in [1.807, 2.05) is 62.9 Å². The van der Waals surface area contributed by atoms with Crippen LogP contribution in [-0.2, 0) is 28.7 Å². The van der Waals surface area contributed by atoms with E-state index < -0.39 is 42.4 Å². The lowest BCUT2D eigenvalue weighted by Gasteiger charge is -2.43. The first-order valence-corrected chi connectivity index (χ1v) is 20.9. The highest BCUT2D eigenvalue weighted by Crippen LogP contribution is 2.33. The summed E-state index contributed by atoms with van der Waals surface area (Å²) in [6.45, 7) is 16.1. The molecule has 1 fully saturated rings. The van der Waals surface area contributed by atoms with Crippen LogP contribution in [0.2, 0.25) is 5.54 Å². The topological polar surface area (TPSA) is 138 Å². The zero-order valence-corrected chi connectivity index (χ0v) is 37.3. The Labute approximate surface area is 318 Å². The number of aliphatic hydroxyl groups is 1. The number of rotatable bonds is 20. The number of nitrogens with zero attached hydrogens (tertiary/aromatic N) is 2. The van der Waals surface area contributed by atoms with E-state index in [0.29, 0.717) is 29.2 Å². The van der Waals surface area contributed by atoms with Gasteiger partial charge in [0.1, 0.15) is 6.04 Å². The minimum Gasteiger partial charge on any atom is -0.386 e. The lowest BCUT2D eigenvalue weighted by atomic mass is 9.86. The molecule has 0 aromatic heterocycles. The van der Waals surface area contributed by atoms with E-state index in [9.17, 15) is 24.3 Å². The van der Waals surface area contributed by atoms with Gasteiger partial charge in [-0.1, -0.05) is 90.8 Å². The van der Waals surface area contributed by atoms with E-state index in [1.54, 1.807) is 49.9 Å². The molecule has 52 heavy (non-hydrogen) atoms. The normalized spacial score (nSPS) is 20.0. The maximum atomic E-state index is 14.3. The highest BCUT2D eigenvalue weighted by Gasteiger charge is 2.44. The number of ether oxygens (including phenoxy) is 2. The van der Waals surface area contributed by atoms with Crippen LogP contribution < -0.4 is 10.6 Å². The standard InChI is InChI=1S/C39H68N4O7Si2/c1-12-28(26(8)51)33(42(9)39(48)32(22(2)3)41-38(47)36(52)23(4)5)30(49-10)21-31(44)43-20-16-19-29(43)35(50-11)24(6)37(46)40-25(7)34(45)27-17-14-13-15-18-27/h13-15,17-18,22-26,28-30,32-35,45H,12,16,19-21,52H2,1-11,51H3,(H,40,46)(H,41,47)/t24-,25-,26?,28-,29+,30-,32+,33+,34-,35-/m1/s1. The maximum Gasteiger partial charge on any atom is 0.245 e. The molecule has 10 atom stereocenters. The Hall–Kier alpha value is -2.72. The number of likely N-dealkylation sites (tertiary alicyclic amines) is 1. The summed E-state index contributed by atoms with van der Waals surface area (Å²) in [5.41, 5.74) is 1.04. The molecule has 0 aliphatic carbocycles. The fourth-order valence-corrected chi connectivity index (χ4v) is 8.56. The van der Waals surface area contributed by atoms with Crippen LogP contribution >= 0.6 is 0 Å². The molecule has 2 rings (SSSR count). The van der Waals surface area contributed by atoms with Crippen molar-refractivity contribution in [1.29, 1.82) is 0 Å². The van der Waals surface area contributed by atoms with Crippen molar-refractivity contribution in [3.05, 3.63) is 35.9 Å². The maximum absolute atomic E-state index is 14.3. The van der Waals surface area contributed by atoms with Gasteiger partial charge in [0.15, 0.2) is 0 Å². The van der Waals surface area contributed by atoms with Crippen molar-refractivity contribution in [1.82, 2.24) is 20.4 Å². The molecule has 3 N–H and O–H groups in total. The summed E-state index contributed by atoms with van der Waals surface area (Å²) in [5, 5.41) is 17.5. The average molecular weight is 761 g/mol. The highest BCUT2D eigenvalue weighted by molar-refractivity contribution is 6.63. The van der Waals surface area contributed by atoms with Gasteiger partial charge in [-0.3, -0.25) is 19.2 Å². The van der Waals surface area contributed by atoms with Crippen molar-refractivity contribution in [2.75, 3.05) is 27.8 Å². The Morgan fingerprint density at radius 2 is 1.63 bits per heavy atom. The summed E-state index contributed by atoms with van der Waals surface area (Å²) in [6, 6.07) is 7.20. The molecule has 1 saturated heterocycles. The molecule has 1 aromatic carbocycles. The first-order valence-electron chi connectivity index (χ1n) is 19.1. The smallest absolute Gasteiger partial charge is 0.245 e. The predicted octanol–water partition coefficient (Wildman–Crippen LogP) is 1.90. The summed E-state index contributed by atoms with van der Waals surface area (Å²) in [4.78, 5) is 58.7. The Kier molecular flexibility index (Phi) is 18.6. The van der Waals surface area contributed by atoms with Crippen molar-refractivity contribution in [2.45, 2.75) is 129 Å². The molecular formula is C39H68N4O7Si2. The first-order chi connectivity index (χ1) is 24.4. The van der Waals surface area contributed by atoms with E-state index in [1.165, 1.54) is 0 Å². The molecule has 1 unspecified atom stereocenters. The number of carbonyl (C=O) groups is 4. The monoisotopic (exact) mass is 760 g/mol. The van der Waals surface area contributed by atoms with Crippen LogP contribution in [0.1, 0.15) is 92.7 Å². The molecule has 4 amide bonds. The third-order valence-electron chi connectivity index (χ3n) is 11.0. The number of likely N-dealkylation sites (N-methyl/N-ethyl adjacent to an activating group) is 1. The second kappa shape index (κ2) is 21.2. The molecule has 1 aromatic rings. The second-order valence-electron chi connectivity index (χ2n) is 15.5. The van der Waals surface area contributed by atoms with E-state index in [0.717, 1.165) is 23.1 Å². The van der Waals surface area contributed by atoms with Gasteiger partial charge in [-0.15, -0.1) is 0 Å². The minimum atomic E-state index is -0.873. The van der Waals surface area contributed by atoms with E-state index in [-0.39, 0.29) is 53.8 Å². The molecule has 0 saturated carbocycles. The number of hydrogen-bond acceptors (Lipinski definition) is 7. The van der Waals surface area contributed by atoms with Crippen LogP contribution in [0, 0.1) is 23.7 Å². The Morgan fingerprint density at radius 1 is 1.02 bits per heavy atom. The Bertz CT molecular complexity index is 1330. The van der Waals surface area contributed by atoms with Crippen molar-refractivity contribution in [3.63, 3.8) is 0 Å². The van der Waals surface area contributed by atoms with E-state index in [4.69, 9.17) is 9.47 Å². The number of benzene rings is 1. The third kappa shape index (κ3) is 11.6. The number of carbonyl (C=O) groups excluding carboxylic acids is 4. The van der Waals surface area contributed by atoms with Gasteiger partial charge < -0.3 is 35.0 Å². The fraction of sp³-hybridized carbons (Fsp3) is 0.718. The van der Waals surface area contributed by atoms with Gasteiger partial charge in [0.25, 0.3) is 0 Å². The largest absolute Gasteiger partial charge is 0.386 e. The zero-order chi connectivity index (χ0) is 39.4. The number of hydrogen-bond donors (Lipinski definition) is 3. The van der Waals surface area contributed by atoms with Crippen LogP contribution in [0.3, 0.4) is 0 Å². The Balaban J connectivity index is 2.31. The summed E-state index contributed by atoms with van der Waals surface area (Å²) >= 11 is 0. The molecule has 11 nitrogen and oxygen atoms in total. The lowest BCUT2D eigenvalue weighted by molar-refractivity contribution is -0.147. The Morgan fingerprint density at radius 3 is 2.13 bits per heavy atom. The number of aliphatic hydroxyl groups excluding tert-OH is 1. The number of nitrogens with one attached hydrogen (secondary N) is 2. The molecule has 0 bridgehead atoms. The fourth-order valence-electron chi connectivity index (χ4n) is 7.59. The SMILES string of the molecule is CC[C@H](C(C)[SiH3])[C@@H]([C@@H](CC(=O)N1CCC[C@H]1[C@H](OC)[C@@H](C)C(=O)N[C@H](C)[C@@H](O)c1ccccc1)OC)N(C)C(=O)[C@@H](NC(=O)C(=[SiH2])C(C)C)C(C)C. The van der Waals surface area contributed by atoms with Gasteiger partial charge in [-0.2, -0.15) is 0 Å². The van der Waals surface area contributed by atoms with Crippen molar-refractivity contribution in [3.8, 4) is 0 Å². The summed E-state index contributed by atoms with van der Waals surface area (Å²) in [6.07, 6.45) is 0.261. The summed E-state index contributed by atoms with van der Waals surface area (Å²) in [5.74, 6) is -1.41. The number of methoxy groups -OCH3 is 2. The lowest BCUT2D eigenvalue weighted by Crippen LogP contribution is -2.59. The van der Waals surface area contributed by atoms with Gasteiger partial charge >= 0.3 is 0 Å². The molecular weight excluding hydrogens is 693 g/mol. The van der Waals surface area contributed by atoms with Gasteiger partial charge in [0, 0.05) is 38.1 Å². The second-order valence-corrected chi connectivity index (χ2v) is 18.1. The van der Waals surface area contributed by atoms with Crippen LogP contribution in [0.5, 0.6) is 0 Å². The van der Waals surface area contributed by atoms with Crippen molar-refractivity contribution in [2.24, 2.45) is 23.7 Å². The molecule has 1 aliphatic rings. The molecule has 0 radical (unpaired) electrons. The summed E-state index contributed by atoms with van der Waals surface area (Å²) in [7, 11) is 7.38. The molecule has 294 valence electrons.